The van der Waals surface area contributed by atoms with Crippen molar-refractivity contribution in [2.75, 3.05) is 26.8 Å². The first kappa shape index (κ1) is 17.2. The first-order chi connectivity index (χ1) is 11.7. The van der Waals surface area contributed by atoms with Crippen molar-refractivity contribution in [3.05, 3.63) is 41.0 Å². The number of halogens is 1. The van der Waals surface area contributed by atoms with Crippen LogP contribution in [0.1, 0.15) is 36.2 Å². The molecule has 0 aliphatic carbocycles. The number of fused-ring (bicyclic) bond motifs is 1. The Bertz CT molecular complexity index is 720. The highest BCUT2D eigenvalue weighted by atomic mass is 35.5. The maximum atomic E-state index is 12.8. The number of likely N-dealkylation sites (tertiary alicyclic amines) is 1. The molecule has 1 aromatic heterocycles. The van der Waals surface area contributed by atoms with Gasteiger partial charge in [-0.15, -0.1) is 0 Å². The van der Waals surface area contributed by atoms with Gasteiger partial charge in [0.25, 0.3) is 5.91 Å². The molecule has 1 fully saturated rings. The summed E-state index contributed by atoms with van der Waals surface area (Å²) in [6.07, 6.45) is 4.39. The summed E-state index contributed by atoms with van der Waals surface area (Å²) in [4.78, 5) is 19.3. The molecule has 2 heterocycles. The summed E-state index contributed by atoms with van der Waals surface area (Å²) >= 11 is 6.21. The minimum Gasteiger partial charge on any atom is -0.385 e. The topological polar surface area (TPSA) is 42.4 Å². The first-order valence-corrected chi connectivity index (χ1v) is 8.90. The van der Waals surface area contributed by atoms with E-state index in [0.717, 1.165) is 44.3 Å². The molecule has 3 rings (SSSR count). The number of methoxy groups -OCH3 is 1. The monoisotopic (exact) mass is 346 g/mol. The Kier molecular flexibility index (Phi) is 5.69. The summed E-state index contributed by atoms with van der Waals surface area (Å²) in [6.45, 7) is 2.40. The van der Waals surface area contributed by atoms with E-state index in [0.29, 0.717) is 22.2 Å². The van der Waals surface area contributed by atoms with E-state index in [1.54, 1.807) is 19.2 Å². The van der Waals surface area contributed by atoms with Gasteiger partial charge in [-0.05, 0) is 43.7 Å². The number of hydrogen-bond donors (Lipinski definition) is 0. The number of aromatic nitrogens is 1. The minimum absolute atomic E-state index is 0.00765. The Balaban J connectivity index is 1.72. The molecule has 0 radical (unpaired) electrons. The van der Waals surface area contributed by atoms with Gasteiger partial charge in [0.1, 0.15) is 5.69 Å². The SMILES string of the molecule is COCCC[C@H]1CCCN(C(=O)c2ccc3cccc(Cl)c3n2)C1. The third-order valence-electron chi connectivity index (χ3n) is 4.66. The van der Waals surface area contributed by atoms with Crippen LogP contribution in [0.15, 0.2) is 30.3 Å². The van der Waals surface area contributed by atoms with Gasteiger partial charge >= 0.3 is 0 Å². The van der Waals surface area contributed by atoms with Gasteiger partial charge in [0, 0.05) is 32.2 Å². The number of para-hydroxylation sites is 1. The third kappa shape index (κ3) is 3.87. The Morgan fingerprint density at radius 2 is 2.25 bits per heavy atom. The summed E-state index contributed by atoms with van der Waals surface area (Å²) in [5, 5.41) is 1.54. The zero-order chi connectivity index (χ0) is 16.9. The summed E-state index contributed by atoms with van der Waals surface area (Å²) in [6, 6.07) is 9.37. The molecule has 2 aromatic rings. The number of ether oxygens (including phenoxy) is 1. The number of piperidine rings is 1. The minimum atomic E-state index is 0.00765. The van der Waals surface area contributed by atoms with Gasteiger partial charge in [-0.1, -0.05) is 29.8 Å². The van der Waals surface area contributed by atoms with Crippen molar-refractivity contribution in [3.63, 3.8) is 0 Å². The van der Waals surface area contributed by atoms with E-state index in [1.807, 2.05) is 23.1 Å². The van der Waals surface area contributed by atoms with Crippen molar-refractivity contribution in [1.82, 2.24) is 9.88 Å². The van der Waals surface area contributed by atoms with E-state index in [9.17, 15) is 4.79 Å². The molecule has 4 nitrogen and oxygen atoms in total. The quantitative estimate of drug-likeness (QED) is 0.763. The van der Waals surface area contributed by atoms with Gasteiger partial charge < -0.3 is 9.64 Å². The summed E-state index contributed by atoms with van der Waals surface area (Å²) < 4.78 is 5.13. The van der Waals surface area contributed by atoms with Crippen LogP contribution < -0.4 is 0 Å². The number of carbonyl (C=O) groups is 1. The van der Waals surface area contributed by atoms with Crippen LogP contribution in [0, 0.1) is 5.92 Å². The van der Waals surface area contributed by atoms with E-state index in [-0.39, 0.29) is 5.91 Å². The van der Waals surface area contributed by atoms with Gasteiger partial charge in [0.2, 0.25) is 0 Å². The van der Waals surface area contributed by atoms with Crippen molar-refractivity contribution in [2.24, 2.45) is 5.92 Å². The second kappa shape index (κ2) is 7.95. The van der Waals surface area contributed by atoms with Crippen LogP contribution in [-0.2, 0) is 4.74 Å². The number of nitrogens with zero attached hydrogens (tertiary/aromatic N) is 2. The Morgan fingerprint density at radius 1 is 1.38 bits per heavy atom. The van der Waals surface area contributed by atoms with Crippen LogP contribution in [0.25, 0.3) is 10.9 Å². The Labute approximate surface area is 147 Å². The third-order valence-corrected chi connectivity index (χ3v) is 4.96. The van der Waals surface area contributed by atoms with E-state index < -0.39 is 0 Å². The average molecular weight is 347 g/mol. The number of hydrogen-bond acceptors (Lipinski definition) is 3. The number of amides is 1. The molecule has 1 atom stereocenters. The van der Waals surface area contributed by atoms with E-state index >= 15 is 0 Å². The number of rotatable bonds is 5. The van der Waals surface area contributed by atoms with Crippen LogP contribution in [0.3, 0.4) is 0 Å². The molecule has 5 heteroatoms. The standard InChI is InChI=1S/C19H23ClN2O2/c1-24-12-4-6-14-5-3-11-22(13-14)19(23)17-10-9-15-7-2-8-16(20)18(15)21-17/h2,7-10,14H,3-6,11-13H2,1H3/t14-/m1/s1. The summed E-state index contributed by atoms with van der Waals surface area (Å²) in [5.41, 5.74) is 1.17. The van der Waals surface area contributed by atoms with E-state index in [1.165, 1.54) is 6.42 Å². The lowest BCUT2D eigenvalue weighted by molar-refractivity contribution is 0.0655. The highest BCUT2D eigenvalue weighted by Crippen LogP contribution is 2.24. The fourth-order valence-corrected chi connectivity index (χ4v) is 3.62. The lowest BCUT2D eigenvalue weighted by Gasteiger charge is -2.32. The molecule has 1 aliphatic rings. The summed E-state index contributed by atoms with van der Waals surface area (Å²) in [5.74, 6) is 0.565. The normalized spacial score (nSPS) is 18.1. The highest BCUT2D eigenvalue weighted by molar-refractivity contribution is 6.35. The van der Waals surface area contributed by atoms with Crippen LogP contribution in [0.2, 0.25) is 5.02 Å². The fourth-order valence-electron chi connectivity index (χ4n) is 3.39. The lowest BCUT2D eigenvalue weighted by Crippen LogP contribution is -2.40. The zero-order valence-electron chi connectivity index (χ0n) is 14.0. The van der Waals surface area contributed by atoms with Crippen LogP contribution in [0.5, 0.6) is 0 Å². The average Bonchev–Trinajstić information content (AvgIpc) is 2.62. The largest absolute Gasteiger partial charge is 0.385 e. The number of benzene rings is 1. The van der Waals surface area contributed by atoms with Gasteiger partial charge in [-0.2, -0.15) is 0 Å². The van der Waals surface area contributed by atoms with E-state index in [4.69, 9.17) is 16.3 Å². The number of carbonyl (C=O) groups excluding carboxylic acids is 1. The van der Waals surface area contributed by atoms with Crippen molar-refractivity contribution < 1.29 is 9.53 Å². The van der Waals surface area contributed by atoms with Crippen LogP contribution in [0.4, 0.5) is 0 Å². The molecule has 128 valence electrons. The molecule has 1 aromatic carbocycles. The zero-order valence-corrected chi connectivity index (χ0v) is 14.8. The van der Waals surface area contributed by atoms with Crippen molar-refractivity contribution in [3.8, 4) is 0 Å². The highest BCUT2D eigenvalue weighted by Gasteiger charge is 2.25. The smallest absolute Gasteiger partial charge is 0.272 e. The summed E-state index contributed by atoms with van der Waals surface area (Å²) in [7, 11) is 1.73. The maximum Gasteiger partial charge on any atom is 0.272 e. The van der Waals surface area contributed by atoms with Gasteiger partial charge in [0.05, 0.1) is 10.5 Å². The van der Waals surface area contributed by atoms with Gasteiger partial charge in [-0.3, -0.25) is 4.79 Å². The predicted octanol–water partition coefficient (Wildman–Crippen LogP) is 4.17. The van der Waals surface area contributed by atoms with Gasteiger partial charge in [-0.25, -0.2) is 4.98 Å². The van der Waals surface area contributed by atoms with Crippen molar-refractivity contribution in [1.29, 1.82) is 0 Å². The lowest BCUT2D eigenvalue weighted by atomic mass is 9.93. The first-order valence-electron chi connectivity index (χ1n) is 8.52. The van der Waals surface area contributed by atoms with Crippen molar-refractivity contribution in [2.45, 2.75) is 25.7 Å². The van der Waals surface area contributed by atoms with Crippen molar-refractivity contribution >= 4 is 28.4 Å². The molecule has 0 N–H and O–H groups in total. The molecule has 1 aliphatic heterocycles. The molecule has 0 unspecified atom stereocenters. The van der Waals surface area contributed by atoms with Gasteiger partial charge in [0.15, 0.2) is 0 Å². The molecule has 0 bridgehead atoms. The Hall–Kier alpha value is -1.65. The molecular weight excluding hydrogens is 324 g/mol. The maximum absolute atomic E-state index is 12.8. The predicted molar refractivity (Wildman–Crippen MR) is 96.5 cm³/mol. The molecule has 0 saturated carbocycles. The number of pyridine rings is 1. The second-order valence-electron chi connectivity index (χ2n) is 6.40. The second-order valence-corrected chi connectivity index (χ2v) is 6.81. The molecule has 24 heavy (non-hydrogen) atoms. The fraction of sp³-hybridized carbons (Fsp3) is 0.474. The molecule has 0 spiro atoms. The van der Waals surface area contributed by atoms with Crippen LogP contribution in [-0.4, -0.2) is 42.6 Å². The molecule has 1 amide bonds. The Morgan fingerprint density at radius 3 is 3.08 bits per heavy atom. The van der Waals surface area contributed by atoms with E-state index in [2.05, 4.69) is 4.98 Å². The molecule has 1 saturated heterocycles. The van der Waals surface area contributed by atoms with Crippen LogP contribution >= 0.6 is 11.6 Å². The molecular formula is C19H23ClN2O2.